The van der Waals surface area contributed by atoms with Crippen molar-refractivity contribution < 1.29 is 14.3 Å². The van der Waals surface area contributed by atoms with Gasteiger partial charge >= 0.3 is 0 Å². The zero-order valence-electron chi connectivity index (χ0n) is 14.0. The average Bonchev–Trinajstić information content (AvgIpc) is 2.60. The van der Waals surface area contributed by atoms with E-state index in [0.717, 1.165) is 0 Å². The average molecular weight is 394 g/mol. The van der Waals surface area contributed by atoms with Crippen LogP contribution in [0, 0.1) is 0 Å². The summed E-state index contributed by atoms with van der Waals surface area (Å²) in [6.45, 7) is 2.39. The van der Waals surface area contributed by atoms with Crippen molar-refractivity contribution in [1.29, 1.82) is 0 Å². The van der Waals surface area contributed by atoms with Crippen LogP contribution in [0.5, 0.6) is 5.75 Å². The Labute approximate surface area is 161 Å². The number of carbonyl (C=O) groups is 2. The minimum Gasteiger partial charge on any atom is -0.493 e. The van der Waals surface area contributed by atoms with E-state index in [1.54, 1.807) is 30.3 Å². The van der Waals surface area contributed by atoms with Gasteiger partial charge in [-0.2, -0.15) is 5.10 Å². The zero-order chi connectivity index (χ0) is 18.9. The molecular formula is C18H17Cl2N3O3. The van der Waals surface area contributed by atoms with E-state index in [1.165, 1.54) is 6.21 Å². The molecule has 2 aromatic rings. The predicted molar refractivity (Wildman–Crippen MR) is 103 cm³/mol. The fraction of sp³-hybridized carbons (Fsp3) is 0.167. The number of hydrogen-bond acceptors (Lipinski definition) is 4. The lowest BCUT2D eigenvalue weighted by atomic mass is 10.2. The summed E-state index contributed by atoms with van der Waals surface area (Å²) in [5.41, 5.74) is 3.35. The van der Waals surface area contributed by atoms with Crippen molar-refractivity contribution >= 4 is 46.9 Å². The lowest BCUT2D eigenvalue weighted by Gasteiger charge is -2.08. The van der Waals surface area contributed by atoms with Crippen molar-refractivity contribution in [2.45, 2.75) is 13.3 Å². The molecule has 136 valence electrons. The number of halogens is 2. The number of benzene rings is 2. The van der Waals surface area contributed by atoms with Crippen LogP contribution in [0.1, 0.15) is 18.9 Å². The van der Waals surface area contributed by atoms with Gasteiger partial charge in [-0.25, -0.2) is 5.43 Å². The molecule has 0 fully saturated rings. The van der Waals surface area contributed by atoms with Gasteiger partial charge in [0.1, 0.15) is 12.2 Å². The van der Waals surface area contributed by atoms with Crippen LogP contribution in [-0.2, 0) is 9.59 Å². The maximum Gasteiger partial charge on any atom is 0.249 e. The van der Waals surface area contributed by atoms with E-state index in [2.05, 4.69) is 15.8 Å². The molecular weight excluding hydrogens is 377 g/mol. The van der Waals surface area contributed by atoms with Crippen LogP contribution in [0.3, 0.4) is 0 Å². The molecule has 0 bridgehead atoms. The van der Waals surface area contributed by atoms with E-state index >= 15 is 0 Å². The SMILES string of the molecule is CCOc1ccccc1C=NNC(=O)CC(=O)Nc1cccc(Cl)c1Cl. The Balaban J connectivity index is 1.88. The number of para-hydroxylation sites is 1. The molecule has 8 heteroatoms. The number of hydrazone groups is 1. The number of nitrogens with one attached hydrogen (secondary N) is 2. The number of anilines is 1. The third kappa shape index (κ3) is 5.75. The smallest absolute Gasteiger partial charge is 0.249 e. The second kappa shape index (κ2) is 9.79. The predicted octanol–water partition coefficient (Wildman–Crippen LogP) is 3.87. The van der Waals surface area contributed by atoms with E-state index in [4.69, 9.17) is 27.9 Å². The van der Waals surface area contributed by atoms with Crippen LogP contribution in [0.4, 0.5) is 5.69 Å². The van der Waals surface area contributed by atoms with Gasteiger partial charge < -0.3 is 10.1 Å². The Kier molecular flexibility index (Phi) is 7.44. The monoisotopic (exact) mass is 393 g/mol. The number of rotatable bonds is 7. The first-order valence-electron chi connectivity index (χ1n) is 7.79. The molecule has 26 heavy (non-hydrogen) atoms. The minimum atomic E-state index is -0.564. The maximum absolute atomic E-state index is 11.9. The number of ether oxygens (including phenoxy) is 1. The first-order valence-corrected chi connectivity index (χ1v) is 8.54. The van der Waals surface area contributed by atoms with E-state index in [9.17, 15) is 9.59 Å². The number of nitrogens with zero attached hydrogens (tertiary/aromatic N) is 1. The number of amides is 2. The van der Waals surface area contributed by atoms with Gasteiger partial charge in [0.25, 0.3) is 0 Å². The van der Waals surface area contributed by atoms with E-state index < -0.39 is 18.2 Å². The highest BCUT2D eigenvalue weighted by Gasteiger charge is 2.12. The Bertz CT molecular complexity index is 825. The molecule has 6 nitrogen and oxygen atoms in total. The van der Waals surface area contributed by atoms with E-state index in [0.29, 0.717) is 28.6 Å². The summed E-state index contributed by atoms with van der Waals surface area (Å²) in [6, 6.07) is 12.1. The molecule has 0 aromatic heterocycles. The number of carbonyl (C=O) groups excluding carboxylic acids is 2. The van der Waals surface area contributed by atoms with Gasteiger partial charge in [0.2, 0.25) is 11.8 Å². The van der Waals surface area contributed by atoms with Crippen LogP contribution in [-0.4, -0.2) is 24.6 Å². The molecule has 0 aliphatic heterocycles. The van der Waals surface area contributed by atoms with Gasteiger partial charge in [-0.1, -0.05) is 41.4 Å². The summed E-state index contributed by atoms with van der Waals surface area (Å²) in [6.07, 6.45) is 1.04. The third-order valence-electron chi connectivity index (χ3n) is 3.16. The minimum absolute atomic E-state index is 0.216. The van der Waals surface area contributed by atoms with E-state index in [1.807, 2.05) is 19.1 Å². The second-order valence-electron chi connectivity index (χ2n) is 5.09. The summed E-state index contributed by atoms with van der Waals surface area (Å²) in [7, 11) is 0. The van der Waals surface area contributed by atoms with Crippen molar-refractivity contribution in [3.05, 3.63) is 58.1 Å². The van der Waals surface area contributed by atoms with Crippen molar-refractivity contribution in [2.75, 3.05) is 11.9 Å². The van der Waals surface area contributed by atoms with Gasteiger partial charge in [-0.3, -0.25) is 9.59 Å². The van der Waals surface area contributed by atoms with Crippen LogP contribution >= 0.6 is 23.2 Å². The highest BCUT2D eigenvalue weighted by atomic mass is 35.5. The van der Waals surface area contributed by atoms with Gasteiger partial charge in [0.15, 0.2) is 0 Å². The first kappa shape index (κ1) is 19.8. The molecule has 0 aliphatic rings. The van der Waals surface area contributed by atoms with Gasteiger partial charge in [0, 0.05) is 5.56 Å². The molecule has 0 heterocycles. The van der Waals surface area contributed by atoms with E-state index in [-0.39, 0.29) is 5.02 Å². The molecule has 0 saturated heterocycles. The van der Waals surface area contributed by atoms with Gasteiger partial charge in [-0.05, 0) is 31.2 Å². The summed E-state index contributed by atoms with van der Waals surface area (Å²) in [4.78, 5) is 23.7. The summed E-state index contributed by atoms with van der Waals surface area (Å²) in [5, 5.41) is 6.90. The van der Waals surface area contributed by atoms with Crippen LogP contribution in [0.15, 0.2) is 47.6 Å². The van der Waals surface area contributed by atoms with Gasteiger partial charge in [-0.15, -0.1) is 0 Å². The zero-order valence-corrected chi connectivity index (χ0v) is 15.5. The lowest BCUT2D eigenvalue weighted by Crippen LogP contribution is -2.24. The molecule has 0 spiro atoms. The van der Waals surface area contributed by atoms with Crippen LogP contribution in [0.2, 0.25) is 10.0 Å². The highest BCUT2D eigenvalue weighted by Crippen LogP contribution is 2.29. The van der Waals surface area contributed by atoms with Crippen molar-refractivity contribution in [1.82, 2.24) is 5.43 Å². The topological polar surface area (TPSA) is 79.8 Å². The fourth-order valence-electron chi connectivity index (χ4n) is 2.03. The van der Waals surface area contributed by atoms with Crippen molar-refractivity contribution in [3.8, 4) is 5.75 Å². The summed E-state index contributed by atoms with van der Waals surface area (Å²) >= 11 is 11.9. The standard InChI is InChI=1S/C18H17Cl2N3O3/c1-2-26-15-9-4-3-6-12(15)11-21-23-17(25)10-16(24)22-14-8-5-7-13(19)18(14)20/h3-9,11H,2,10H2,1H3,(H,22,24)(H,23,25). The molecule has 0 saturated carbocycles. The normalized spacial score (nSPS) is 10.6. The summed E-state index contributed by atoms with van der Waals surface area (Å²) in [5.74, 6) is -0.441. The number of hydrogen-bond donors (Lipinski definition) is 2. The molecule has 0 aliphatic carbocycles. The van der Waals surface area contributed by atoms with Crippen LogP contribution in [0.25, 0.3) is 0 Å². The Morgan fingerprint density at radius 2 is 1.88 bits per heavy atom. The molecule has 2 rings (SSSR count). The van der Waals surface area contributed by atoms with Gasteiger partial charge in [0.05, 0.1) is 28.6 Å². The first-order chi connectivity index (χ1) is 12.5. The summed E-state index contributed by atoms with van der Waals surface area (Å²) < 4.78 is 5.45. The molecule has 2 amide bonds. The molecule has 0 atom stereocenters. The molecule has 0 radical (unpaired) electrons. The van der Waals surface area contributed by atoms with Crippen molar-refractivity contribution in [2.24, 2.45) is 5.10 Å². The maximum atomic E-state index is 11.9. The molecule has 2 aromatic carbocycles. The highest BCUT2D eigenvalue weighted by molar-refractivity contribution is 6.44. The Morgan fingerprint density at radius 1 is 1.12 bits per heavy atom. The van der Waals surface area contributed by atoms with Crippen molar-refractivity contribution in [3.63, 3.8) is 0 Å². The molecule has 0 unspecified atom stereocenters. The quantitative estimate of drug-likeness (QED) is 0.425. The largest absolute Gasteiger partial charge is 0.493 e. The fourth-order valence-corrected chi connectivity index (χ4v) is 2.38. The lowest BCUT2D eigenvalue weighted by molar-refractivity contribution is -0.126. The Hall–Kier alpha value is -2.57. The van der Waals surface area contributed by atoms with Crippen LogP contribution < -0.4 is 15.5 Å². The second-order valence-corrected chi connectivity index (χ2v) is 5.88. The third-order valence-corrected chi connectivity index (χ3v) is 3.98. The Morgan fingerprint density at radius 3 is 2.65 bits per heavy atom. The molecule has 2 N–H and O–H groups in total.